The summed E-state index contributed by atoms with van der Waals surface area (Å²) >= 11 is 0. The Morgan fingerprint density at radius 3 is 2.36 bits per heavy atom. The zero-order valence-corrected chi connectivity index (χ0v) is 16.8. The summed E-state index contributed by atoms with van der Waals surface area (Å²) in [6.45, 7) is 10.1. The smallest absolute Gasteiger partial charge is 0.191 e. The number of piperidine rings is 1. The summed E-state index contributed by atoms with van der Waals surface area (Å²) in [4.78, 5) is 7.35. The first-order chi connectivity index (χ1) is 10.3. The second-order valence-electron chi connectivity index (χ2n) is 6.55. The van der Waals surface area contributed by atoms with E-state index in [1.807, 2.05) is 0 Å². The first kappa shape index (κ1) is 20.0. The third-order valence-electron chi connectivity index (χ3n) is 5.00. The van der Waals surface area contributed by atoms with Gasteiger partial charge in [0.05, 0.1) is 0 Å². The summed E-state index contributed by atoms with van der Waals surface area (Å²) in [5, 5.41) is 7.00. The first-order valence-corrected chi connectivity index (χ1v) is 9.09. The quantitative estimate of drug-likeness (QED) is 0.392. The molecule has 1 aliphatic carbocycles. The Bertz CT molecular complexity index is 308. The number of halogens is 1. The molecule has 0 atom stereocenters. The van der Waals surface area contributed by atoms with Crippen LogP contribution in [-0.2, 0) is 0 Å². The Balaban J connectivity index is 0.00000242. The second kappa shape index (κ2) is 11.5. The van der Waals surface area contributed by atoms with E-state index in [1.165, 1.54) is 64.6 Å². The third kappa shape index (κ3) is 7.02. The van der Waals surface area contributed by atoms with E-state index in [1.54, 1.807) is 0 Å². The van der Waals surface area contributed by atoms with Gasteiger partial charge in [-0.25, -0.2) is 0 Å². The third-order valence-corrected chi connectivity index (χ3v) is 5.00. The Labute approximate surface area is 153 Å². The number of hydrogen-bond acceptors (Lipinski definition) is 2. The highest BCUT2D eigenvalue weighted by Crippen LogP contribution is 2.20. The van der Waals surface area contributed by atoms with Crippen molar-refractivity contribution in [1.29, 1.82) is 0 Å². The molecule has 0 aromatic rings. The number of aliphatic imine (C=N–C) groups is 1. The molecule has 2 fully saturated rings. The number of nitrogens with one attached hydrogen (secondary N) is 2. The molecule has 2 N–H and O–H groups in total. The van der Waals surface area contributed by atoms with E-state index in [9.17, 15) is 0 Å². The molecule has 2 aliphatic rings. The predicted molar refractivity (Wildman–Crippen MR) is 106 cm³/mol. The Morgan fingerprint density at radius 1 is 1.09 bits per heavy atom. The van der Waals surface area contributed by atoms with Gasteiger partial charge in [-0.15, -0.1) is 24.0 Å². The largest absolute Gasteiger partial charge is 0.357 e. The molecule has 0 radical (unpaired) electrons. The highest BCUT2D eigenvalue weighted by Gasteiger charge is 2.18. The van der Waals surface area contributed by atoms with E-state index in [0.29, 0.717) is 6.04 Å². The van der Waals surface area contributed by atoms with Crippen molar-refractivity contribution >= 4 is 29.9 Å². The molecule has 0 aromatic heterocycles. The molecule has 0 spiro atoms. The number of guanidine groups is 1. The molecule has 1 saturated carbocycles. The summed E-state index contributed by atoms with van der Waals surface area (Å²) in [6, 6.07) is 0.649. The highest BCUT2D eigenvalue weighted by atomic mass is 127. The van der Waals surface area contributed by atoms with Crippen molar-refractivity contribution in [3.8, 4) is 0 Å². The van der Waals surface area contributed by atoms with Crippen LogP contribution in [0, 0.1) is 5.92 Å². The van der Waals surface area contributed by atoms with Crippen molar-refractivity contribution in [2.24, 2.45) is 10.9 Å². The van der Waals surface area contributed by atoms with Crippen molar-refractivity contribution in [1.82, 2.24) is 15.5 Å². The van der Waals surface area contributed by atoms with Crippen LogP contribution in [0.15, 0.2) is 4.99 Å². The van der Waals surface area contributed by atoms with Crippen LogP contribution in [0.3, 0.4) is 0 Å². The molecule has 0 unspecified atom stereocenters. The molecule has 22 heavy (non-hydrogen) atoms. The summed E-state index contributed by atoms with van der Waals surface area (Å²) in [5.41, 5.74) is 0. The molecule has 1 saturated heterocycles. The van der Waals surface area contributed by atoms with Crippen molar-refractivity contribution in [3.63, 3.8) is 0 Å². The van der Waals surface area contributed by atoms with Crippen LogP contribution in [0.2, 0.25) is 0 Å². The lowest BCUT2D eigenvalue weighted by Crippen LogP contribution is -2.42. The number of rotatable bonds is 6. The standard InChI is InChI=1S/C17H34N4.HI/c1-3-18-17(20-16-7-5-6-8-16)19-12-9-15-10-13-21(4-2)14-11-15;/h15-16H,3-14H2,1-2H3,(H2,18,19,20);1H. The van der Waals surface area contributed by atoms with E-state index >= 15 is 0 Å². The van der Waals surface area contributed by atoms with Crippen molar-refractivity contribution in [3.05, 3.63) is 0 Å². The molecular weight excluding hydrogens is 387 g/mol. The normalized spacial score (nSPS) is 21.6. The van der Waals surface area contributed by atoms with Gasteiger partial charge in [-0.1, -0.05) is 19.8 Å². The van der Waals surface area contributed by atoms with Gasteiger partial charge in [0.2, 0.25) is 0 Å². The molecule has 1 heterocycles. The number of likely N-dealkylation sites (tertiary alicyclic amines) is 1. The van der Waals surface area contributed by atoms with Gasteiger partial charge in [0.1, 0.15) is 0 Å². The maximum Gasteiger partial charge on any atom is 0.191 e. The van der Waals surface area contributed by atoms with Crippen LogP contribution in [0.25, 0.3) is 0 Å². The van der Waals surface area contributed by atoms with E-state index < -0.39 is 0 Å². The van der Waals surface area contributed by atoms with Gasteiger partial charge in [0.15, 0.2) is 5.96 Å². The van der Waals surface area contributed by atoms with E-state index in [-0.39, 0.29) is 24.0 Å². The maximum absolute atomic E-state index is 4.79. The highest BCUT2D eigenvalue weighted by molar-refractivity contribution is 14.0. The van der Waals surface area contributed by atoms with E-state index in [4.69, 9.17) is 4.99 Å². The molecule has 0 bridgehead atoms. The lowest BCUT2D eigenvalue weighted by atomic mass is 9.94. The number of hydrogen-bond donors (Lipinski definition) is 2. The Kier molecular flexibility index (Phi) is 10.4. The van der Waals surface area contributed by atoms with Gasteiger partial charge < -0.3 is 15.5 Å². The van der Waals surface area contributed by atoms with Gasteiger partial charge in [0, 0.05) is 19.1 Å². The molecule has 5 heteroatoms. The fourth-order valence-electron chi connectivity index (χ4n) is 3.53. The lowest BCUT2D eigenvalue weighted by Gasteiger charge is -2.30. The van der Waals surface area contributed by atoms with Crippen LogP contribution < -0.4 is 10.6 Å². The van der Waals surface area contributed by atoms with Crippen LogP contribution in [0.1, 0.15) is 58.8 Å². The zero-order chi connectivity index (χ0) is 14.9. The SMILES string of the molecule is CCNC(=NCCC1CCN(CC)CC1)NC1CCCC1.I. The molecule has 4 nitrogen and oxygen atoms in total. The topological polar surface area (TPSA) is 39.7 Å². The van der Waals surface area contributed by atoms with E-state index in [2.05, 4.69) is 29.4 Å². The molecular formula is C17H35IN4. The van der Waals surface area contributed by atoms with Crippen LogP contribution in [0.4, 0.5) is 0 Å². The van der Waals surface area contributed by atoms with Crippen molar-refractivity contribution in [2.75, 3.05) is 32.7 Å². The number of nitrogens with zero attached hydrogens (tertiary/aromatic N) is 2. The monoisotopic (exact) mass is 422 g/mol. The van der Waals surface area contributed by atoms with Gasteiger partial charge in [-0.2, -0.15) is 0 Å². The van der Waals surface area contributed by atoms with Gasteiger partial charge in [-0.3, -0.25) is 4.99 Å². The Hall–Kier alpha value is -0.0400. The summed E-state index contributed by atoms with van der Waals surface area (Å²) in [5.74, 6) is 1.92. The summed E-state index contributed by atoms with van der Waals surface area (Å²) in [6.07, 6.45) is 9.31. The minimum Gasteiger partial charge on any atom is -0.357 e. The maximum atomic E-state index is 4.79. The lowest BCUT2D eigenvalue weighted by molar-refractivity contribution is 0.188. The minimum absolute atomic E-state index is 0. The molecule has 1 aliphatic heterocycles. The van der Waals surface area contributed by atoms with Crippen molar-refractivity contribution < 1.29 is 0 Å². The van der Waals surface area contributed by atoms with Crippen LogP contribution in [-0.4, -0.2) is 49.6 Å². The van der Waals surface area contributed by atoms with Crippen LogP contribution in [0.5, 0.6) is 0 Å². The minimum atomic E-state index is 0. The average molecular weight is 422 g/mol. The summed E-state index contributed by atoms with van der Waals surface area (Å²) < 4.78 is 0. The average Bonchev–Trinajstić information content (AvgIpc) is 3.01. The van der Waals surface area contributed by atoms with Gasteiger partial charge in [-0.05, 0) is 64.6 Å². The molecule has 130 valence electrons. The molecule has 0 amide bonds. The first-order valence-electron chi connectivity index (χ1n) is 9.09. The summed E-state index contributed by atoms with van der Waals surface area (Å²) in [7, 11) is 0. The Morgan fingerprint density at radius 2 is 1.77 bits per heavy atom. The van der Waals surface area contributed by atoms with Crippen LogP contribution >= 0.6 is 24.0 Å². The van der Waals surface area contributed by atoms with E-state index in [0.717, 1.165) is 25.0 Å². The zero-order valence-electron chi connectivity index (χ0n) is 14.4. The fourth-order valence-corrected chi connectivity index (χ4v) is 3.53. The molecule has 0 aromatic carbocycles. The van der Waals surface area contributed by atoms with Gasteiger partial charge in [0.25, 0.3) is 0 Å². The fraction of sp³-hybridized carbons (Fsp3) is 0.941. The molecule has 2 rings (SSSR count). The second-order valence-corrected chi connectivity index (χ2v) is 6.55. The van der Waals surface area contributed by atoms with Gasteiger partial charge >= 0.3 is 0 Å². The van der Waals surface area contributed by atoms with Crippen molar-refractivity contribution in [2.45, 2.75) is 64.8 Å². The predicted octanol–water partition coefficient (Wildman–Crippen LogP) is 3.22.